The van der Waals surface area contributed by atoms with Gasteiger partial charge < -0.3 is 21.3 Å². The van der Waals surface area contributed by atoms with Crippen LogP contribution in [0.1, 0.15) is 74.1 Å². The maximum atomic E-state index is 14.0. The SMILES string of the molecule is C[C@@H]1[C@H](NC(=O)c2ccc(N)cc2)C[C@H]2C(C)(C)CCC[C@]2(C)[C@H]1C(=O)c1cc(O)cc(O)c1. The largest absolute Gasteiger partial charge is 0.508 e. The van der Waals surface area contributed by atoms with Crippen LogP contribution in [0, 0.1) is 28.6 Å². The molecule has 5 atom stereocenters. The summed E-state index contributed by atoms with van der Waals surface area (Å²) in [5.41, 5.74) is 7.00. The van der Waals surface area contributed by atoms with Crippen LogP contribution in [-0.4, -0.2) is 27.9 Å². The highest BCUT2D eigenvalue weighted by Gasteiger charge is 2.58. The third-order valence-electron chi connectivity index (χ3n) is 8.60. The second kappa shape index (κ2) is 8.64. The molecule has 5 N–H and O–H groups in total. The first kappa shape index (κ1) is 24.1. The standard InChI is InChI=1S/C28H36N2O4/c1-16-22(30-26(34)17-6-8-19(29)9-7-17)15-23-27(2,3)10-5-11-28(23,4)24(16)25(33)18-12-20(31)14-21(32)13-18/h6-9,12-14,16,22-24,31-32H,5,10-11,15,29H2,1-4H3,(H,30,34)/t16-,22-,23+,24-,28+/m1/s1. The Morgan fingerprint density at radius 3 is 2.21 bits per heavy atom. The molecule has 0 aromatic heterocycles. The van der Waals surface area contributed by atoms with Gasteiger partial charge in [0.1, 0.15) is 11.5 Å². The molecule has 34 heavy (non-hydrogen) atoms. The van der Waals surface area contributed by atoms with Gasteiger partial charge in [0.15, 0.2) is 5.78 Å². The van der Waals surface area contributed by atoms with E-state index < -0.39 is 0 Å². The van der Waals surface area contributed by atoms with E-state index in [1.165, 1.54) is 18.2 Å². The lowest BCUT2D eigenvalue weighted by atomic mass is 9.45. The molecule has 2 aliphatic carbocycles. The minimum absolute atomic E-state index is 0.0246. The molecule has 6 heteroatoms. The molecule has 0 bridgehead atoms. The molecule has 0 heterocycles. The van der Waals surface area contributed by atoms with Crippen molar-refractivity contribution in [2.75, 3.05) is 5.73 Å². The van der Waals surface area contributed by atoms with Crippen LogP contribution in [0.5, 0.6) is 11.5 Å². The van der Waals surface area contributed by atoms with Crippen LogP contribution >= 0.6 is 0 Å². The van der Waals surface area contributed by atoms with Crippen LogP contribution in [0.2, 0.25) is 0 Å². The number of phenols is 2. The molecule has 2 aliphatic rings. The molecular weight excluding hydrogens is 428 g/mol. The predicted octanol–water partition coefficient (Wildman–Crippen LogP) is 5.15. The van der Waals surface area contributed by atoms with Gasteiger partial charge in [-0.2, -0.15) is 0 Å². The lowest BCUT2D eigenvalue weighted by Gasteiger charge is -2.60. The summed E-state index contributed by atoms with van der Waals surface area (Å²) in [6, 6.07) is 10.7. The zero-order valence-electron chi connectivity index (χ0n) is 20.5. The summed E-state index contributed by atoms with van der Waals surface area (Å²) in [5.74, 6) is -0.767. The topological polar surface area (TPSA) is 113 Å². The Morgan fingerprint density at radius 2 is 1.59 bits per heavy atom. The number of Topliss-reactive ketones (excluding diaryl/α,β-unsaturated/α-hetero) is 1. The smallest absolute Gasteiger partial charge is 0.251 e. The molecule has 1 amide bonds. The number of carbonyl (C=O) groups excluding carboxylic acids is 2. The van der Waals surface area contributed by atoms with Gasteiger partial charge in [0.25, 0.3) is 5.91 Å². The first-order valence-electron chi connectivity index (χ1n) is 12.2. The molecule has 0 aliphatic heterocycles. The number of hydrogen-bond acceptors (Lipinski definition) is 5. The number of rotatable bonds is 4. The lowest BCUT2D eigenvalue weighted by Crippen LogP contribution is -2.60. The van der Waals surface area contributed by atoms with Gasteiger partial charge in [0.05, 0.1) is 0 Å². The Morgan fingerprint density at radius 1 is 0.971 bits per heavy atom. The number of nitrogens with one attached hydrogen (secondary N) is 1. The quantitative estimate of drug-likeness (QED) is 0.369. The summed E-state index contributed by atoms with van der Waals surface area (Å²) in [5, 5.41) is 23.3. The van der Waals surface area contributed by atoms with Gasteiger partial charge >= 0.3 is 0 Å². The number of aromatic hydroxyl groups is 2. The summed E-state index contributed by atoms with van der Waals surface area (Å²) >= 11 is 0. The maximum Gasteiger partial charge on any atom is 0.251 e. The molecule has 0 spiro atoms. The molecule has 6 nitrogen and oxygen atoms in total. The zero-order valence-corrected chi connectivity index (χ0v) is 20.5. The average molecular weight is 465 g/mol. The van der Waals surface area contributed by atoms with Crippen LogP contribution in [0.4, 0.5) is 5.69 Å². The summed E-state index contributed by atoms with van der Waals surface area (Å²) in [7, 11) is 0. The van der Waals surface area contributed by atoms with Crippen LogP contribution in [-0.2, 0) is 0 Å². The van der Waals surface area contributed by atoms with E-state index in [4.69, 9.17) is 5.73 Å². The van der Waals surface area contributed by atoms with Gasteiger partial charge in [-0.25, -0.2) is 0 Å². The van der Waals surface area contributed by atoms with E-state index in [1.54, 1.807) is 24.3 Å². The van der Waals surface area contributed by atoms with E-state index >= 15 is 0 Å². The number of nitrogens with two attached hydrogens (primary N) is 1. The number of fused-ring (bicyclic) bond motifs is 1. The molecule has 2 fully saturated rings. The Hall–Kier alpha value is -3.02. The Balaban J connectivity index is 1.72. The van der Waals surface area contributed by atoms with Crippen molar-refractivity contribution >= 4 is 17.4 Å². The van der Waals surface area contributed by atoms with Gasteiger partial charge in [0.2, 0.25) is 0 Å². The zero-order chi connectivity index (χ0) is 24.8. The van der Waals surface area contributed by atoms with E-state index in [9.17, 15) is 19.8 Å². The van der Waals surface area contributed by atoms with E-state index in [1.807, 2.05) is 6.92 Å². The fourth-order valence-corrected chi connectivity index (χ4v) is 6.96. The number of anilines is 1. The number of carbonyl (C=O) groups is 2. The second-order valence-electron chi connectivity index (χ2n) is 11.3. The Bertz CT molecular complexity index is 1070. The van der Waals surface area contributed by atoms with Crippen molar-refractivity contribution < 1.29 is 19.8 Å². The van der Waals surface area contributed by atoms with Crippen LogP contribution in [0.3, 0.4) is 0 Å². The van der Waals surface area contributed by atoms with Crippen molar-refractivity contribution in [3.8, 4) is 11.5 Å². The first-order chi connectivity index (χ1) is 15.9. The summed E-state index contributed by atoms with van der Waals surface area (Å²) in [6.07, 6.45) is 3.87. The molecule has 0 unspecified atom stereocenters. The van der Waals surface area contributed by atoms with Crippen LogP contribution < -0.4 is 11.1 Å². The van der Waals surface area contributed by atoms with E-state index in [2.05, 4.69) is 26.1 Å². The molecule has 2 aromatic carbocycles. The second-order valence-corrected chi connectivity index (χ2v) is 11.3. The van der Waals surface area contributed by atoms with Crippen molar-refractivity contribution in [3.05, 3.63) is 53.6 Å². The highest BCUT2D eigenvalue weighted by molar-refractivity contribution is 5.99. The average Bonchev–Trinajstić information content (AvgIpc) is 2.74. The Labute approximate surface area is 201 Å². The molecule has 2 saturated carbocycles. The molecule has 182 valence electrons. The van der Waals surface area contributed by atoms with Gasteiger partial charge in [-0.05, 0) is 78.3 Å². The van der Waals surface area contributed by atoms with E-state index in [-0.39, 0.29) is 57.8 Å². The van der Waals surface area contributed by atoms with Gasteiger partial charge in [-0.1, -0.05) is 34.1 Å². The van der Waals surface area contributed by atoms with E-state index in [0.717, 1.165) is 25.7 Å². The number of phenolic OH excluding ortho intramolecular Hbond substituents is 2. The Kier molecular flexibility index (Phi) is 6.13. The van der Waals surface area contributed by atoms with E-state index in [0.29, 0.717) is 16.8 Å². The minimum Gasteiger partial charge on any atom is -0.508 e. The predicted molar refractivity (Wildman–Crippen MR) is 133 cm³/mol. The monoisotopic (exact) mass is 464 g/mol. The van der Waals surface area contributed by atoms with Crippen molar-refractivity contribution in [2.45, 2.75) is 59.4 Å². The first-order valence-corrected chi connectivity index (χ1v) is 12.2. The fourth-order valence-electron chi connectivity index (χ4n) is 6.96. The number of amides is 1. The third-order valence-corrected chi connectivity index (χ3v) is 8.60. The summed E-state index contributed by atoms with van der Waals surface area (Å²) in [6.45, 7) is 8.80. The molecular formula is C28H36N2O4. The number of ketones is 1. The summed E-state index contributed by atoms with van der Waals surface area (Å²) in [4.78, 5) is 27.1. The van der Waals surface area contributed by atoms with Gasteiger partial charge in [0, 0.05) is 34.8 Å². The number of hydrogen-bond donors (Lipinski definition) is 4. The summed E-state index contributed by atoms with van der Waals surface area (Å²) < 4.78 is 0. The molecule has 0 saturated heterocycles. The molecule has 0 radical (unpaired) electrons. The van der Waals surface area contributed by atoms with Crippen molar-refractivity contribution in [1.29, 1.82) is 0 Å². The fraction of sp³-hybridized carbons (Fsp3) is 0.500. The maximum absolute atomic E-state index is 14.0. The van der Waals surface area contributed by atoms with Crippen molar-refractivity contribution in [3.63, 3.8) is 0 Å². The normalized spacial score (nSPS) is 30.2. The number of nitrogen functional groups attached to an aromatic ring is 1. The van der Waals surface area contributed by atoms with Crippen molar-refractivity contribution in [1.82, 2.24) is 5.32 Å². The molecule has 4 rings (SSSR count). The lowest BCUT2D eigenvalue weighted by molar-refractivity contribution is -0.0902. The third kappa shape index (κ3) is 4.26. The van der Waals surface area contributed by atoms with Gasteiger partial charge in [-0.3, -0.25) is 9.59 Å². The van der Waals surface area contributed by atoms with Gasteiger partial charge in [-0.15, -0.1) is 0 Å². The minimum atomic E-state index is -0.358. The van der Waals surface area contributed by atoms with Crippen LogP contribution in [0.15, 0.2) is 42.5 Å². The number of benzene rings is 2. The van der Waals surface area contributed by atoms with Crippen LogP contribution in [0.25, 0.3) is 0 Å². The van der Waals surface area contributed by atoms with Crippen molar-refractivity contribution in [2.24, 2.45) is 28.6 Å². The highest BCUT2D eigenvalue weighted by Crippen LogP contribution is 2.61. The molecule has 2 aromatic rings. The highest BCUT2D eigenvalue weighted by atomic mass is 16.3.